The van der Waals surface area contributed by atoms with Crippen molar-refractivity contribution in [2.45, 2.75) is 12.8 Å². The van der Waals surface area contributed by atoms with E-state index < -0.39 is 18.6 Å². The molecule has 0 radical (unpaired) electrons. The molecule has 0 saturated heterocycles. The number of nitrogens with one attached hydrogen (secondary N) is 1. The molecule has 9 heteroatoms. The summed E-state index contributed by atoms with van der Waals surface area (Å²) in [6.45, 7) is -0.0427. The Morgan fingerprint density at radius 2 is 2.30 bits per heavy atom. The number of benzene rings is 1. The number of hydrogen-bond donors (Lipinski definition) is 2. The van der Waals surface area contributed by atoms with Crippen molar-refractivity contribution in [3.05, 3.63) is 41.9 Å². The summed E-state index contributed by atoms with van der Waals surface area (Å²) >= 11 is 0. The summed E-state index contributed by atoms with van der Waals surface area (Å²) in [5, 5.41) is 6.05. The van der Waals surface area contributed by atoms with Gasteiger partial charge in [0.2, 0.25) is 6.35 Å². The van der Waals surface area contributed by atoms with Crippen LogP contribution in [0.2, 0.25) is 0 Å². The predicted octanol–water partition coefficient (Wildman–Crippen LogP) is 2.43. The Bertz CT molecular complexity index is 658. The molecule has 2 rings (SSSR count). The number of allylic oxidation sites excluding steroid dienone is 1. The lowest BCUT2D eigenvalue weighted by molar-refractivity contribution is 0.0724. The molecule has 0 spiro atoms. The second-order valence-corrected chi connectivity index (χ2v) is 4.41. The minimum absolute atomic E-state index is 0.0427. The van der Waals surface area contributed by atoms with Crippen LogP contribution in [0.25, 0.3) is 0 Å². The first-order chi connectivity index (χ1) is 11.1. The van der Waals surface area contributed by atoms with Gasteiger partial charge in [-0.3, -0.25) is 4.99 Å². The average molecular weight is 325 g/mol. The third-order valence-corrected chi connectivity index (χ3v) is 2.74. The lowest BCUT2D eigenvalue weighted by Crippen LogP contribution is -2.31. The molecule has 1 aliphatic rings. The second kappa shape index (κ2) is 8.08. The van der Waals surface area contributed by atoms with Crippen molar-refractivity contribution in [1.82, 2.24) is 5.32 Å². The van der Waals surface area contributed by atoms with Gasteiger partial charge in [-0.15, -0.1) is 0 Å². The molecule has 0 amide bonds. The highest BCUT2D eigenvalue weighted by molar-refractivity contribution is 6.31. The van der Waals surface area contributed by atoms with Gasteiger partial charge in [-0.05, 0) is 12.1 Å². The zero-order valence-corrected chi connectivity index (χ0v) is 11.9. The Balaban J connectivity index is 1.92. The molecule has 1 atom stereocenters. The third-order valence-electron chi connectivity index (χ3n) is 2.74. The average Bonchev–Trinajstić information content (AvgIpc) is 2.57. The van der Waals surface area contributed by atoms with Gasteiger partial charge >= 0.3 is 0 Å². The van der Waals surface area contributed by atoms with Gasteiger partial charge in [0.25, 0.3) is 6.43 Å². The molecule has 6 nitrogen and oxygen atoms in total. The van der Waals surface area contributed by atoms with Crippen molar-refractivity contribution < 1.29 is 17.9 Å². The zero-order chi connectivity index (χ0) is 16.7. The number of hydrogen-bond acceptors (Lipinski definition) is 6. The van der Waals surface area contributed by atoms with Gasteiger partial charge in [-0.25, -0.2) is 18.2 Å². The molecule has 0 saturated carbocycles. The SMILES string of the molecule is NN=C(C=Nc1cccc(C(F)F)c1)COC1N=CC(F)=CN1. The van der Waals surface area contributed by atoms with Crippen LogP contribution in [-0.4, -0.2) is 31.1 Å². The highest BCUT2D eigenvalue weighted by atomic mass is 19.3. The van der Waals surface area contributed by atoms with Gasteiger partial charge in [0.1, 0.15) is 5.71 Å². The fourth-order valence-electron chi connectivity index (χ4n) is 1.62. The van der Waals surface area contributed by atoms with E-state index in [0.29, 0.717) is 5.69 Å². The van der Waals surface area contributed by atoms with E-state index in [9.17, 15) is 13.2 Å². The van der Waals surface area contributed by atoms with Gasteiger partial charge in [-0.1, -0.05) is 12.1 Å². The molecule has 1 aromatic carbocycles. The lowest BCUT2D eigenvalue weighted by atomic mass is 10.2. The first-order valence-corrected chi connectivity index (χ1v) is 6.54. The van der Waals surface area contributed by atoms with Crippen molar-refractivity contribution in [2.24, 2.45) is 20.9 Å². The van der Waals surface area contributed by atoms with E-state index in [1.807, 2.05) is 0 Å². The molecule has 0 aromatic heterocycles. The summed E-state index contributed by atoms with van der Waals surface area (Å²) < 4.78 is 43.2. The van der Waals surface area contributed by atoms with Crippen molar-refractivity contribution in [3.63, 3.8) is 0 Å². The first-order valence-electron chi connectivity index (χ1n) is 6.54. The first kappa shape index (κ1) is 16.7. The summed E-state index contributed by atoms with van der Waals surface area (Å²) in [5.41, 5.74) is 0.471. The summed E-state index contributed by atoms with van der Waals surface area (Å²) in [6.07, 6.45) is 0.0975. The zero-order valence-electron chi connectivity index (χ0n) is 11.9. The van der Waals surface area contributed by atoms with Gasteiger partial charge in [0, 0.05) is 11.8 Å². The molecule has 0 bridgehead atoms. The highest BCUT2D eigenvalue weighted by Gasteiger charge is 2.10. The molecule has 1 aliphatic heterocycles. The van der Waals surface area contributed by atoms with Crippen LogP contribution in [0.5, 0.6) is 0 Å². The summed E-state index contributed by atoms with van der Waals surface area (Å²) in [7, 11) is 0. The van der Waals surface area contributed by atoms with E-state index in [1.165, 1.54) is 24.4 Å². The lowest BCUT2D eigenvalue weighted by Gasteiger charge is -2.15. The minimum atomic E-state index is -2.57. The van der Waals surface area contributed by atoms with Gasteiger partial charge in [0.15, 0.2) is 5.83 Å². The second-order valence-electron chi connectivity index (χ2n) is 4.41. The van der Waals surface area contributed by atoms with Gasteiger partial charge in [-0.2, -0.15) is 5.10 Å². The third kappa shape index (κ3) is 5.22. The highest BCUT2D eigenvalue weighted by Crippen LogP contribution is 2.22. The number of alkyl halides is 2. The Hall–Kier alpha value is -2.68. The van der Waals surface area contributed by atoms with E-state index in [0.717, 1.165) is 12.4 Å². The van der Waals surface area contributed by atoms with E-state index in [2.05, 4.69) is 20.4 Å². The van der Waals surface area contributed by atoms with Crippen molar-refractivity contribution in [1.29, 1.82) is 0 Å². The van der Waals surface area contributed by atoms with Gasteiger partial charge in [0.05, 0.1) is 24.7 Å². The van der Waals surface area contributed by atoms with Gasteiger partial charge < -0.3 is 15.9 Å². The van der Waals surface area contributed by atoms with E-state index in [-0.39, 0.29) is 17.9 Å². The molecule has 1 unspecified atom stereocenters. The van der Waals surface area contributed by atoms with Crippen LogP contribution in [0, 0.1) is 0 Å². The summed E-state index contributed by atoms with van der Waals surface area (Å²) in [5.74, 6) is 4.70. The maximum atomic E-state index is 12.7. The molecule has 1 aromatic rings. The standard InChI is InChI=1S/C14H14F3N5O/c15-10-5-20-14(21-6-10)23-8-12(22-18)7-19-11-3-1-2-9(4-11)13(16)17/h1-7,13-14,20H,8,18H2. The van der Waals surface area contributed by atoms with E-state index >= 15 is 0 Å². The minimum Gasteiger partial charge on any atom is -0.345 e. The van der Waals surface area contributed by atoms with E-state index in [4.69, 9.17) is 10.6 Å². The quantitative estimate of drug-likeness (QED) is 0.478. The normalized spacial score (nSPS) is 18.3. The fraction of sp³-hybridized carbons (Fsp3) is 0.214. The largest absolute Gasteiger partial charge is 0.345 e. The number of hydrazone groups is 1. The number of nitrogens with zero attached hydrogens (tertiary/aromatic N) is 3. The molecule has 3 N–H and O–H groups in total. The number of ether oxygens (including phenoxy) is 1. The number of rotatable bonds is 6. The van der Waals surface area contributed by atoms with E-state index in [1.54, 1.807) is 6.07 Å². The smallest absolute Gasteiger partial charge is 0.263 e. The molecule has 1 heterocycles. The van der Waals surface area contributed by atoms with Crippen molar-refractivity contribution in [3.8, 4) is 0 Å². The maximum absolute atomic E-state index is 12.7. The number of nitrogens with two attached hydrogens (primary N) is 1. The fourth-order valence-corrected chi connectivity index (χ4v) is 1.62. The van der Waals surface area contributed by atoms with Crippen LogP contribution in [0.3, 0.4) is 0 Å². The number of aliphatic imine (C=N–C) groups is 2. The Labute approximate surface area is 130 Å². The number of halogens is 3. The molecule has 0 fully saturated rings. The Morgan fingerprint density at radius 3 is 2.96 bits per heavy atom. The molecule has 122 valence electrons. The maximum Gasteiger partial charge on any atom is 0.263 e. The van der Waals surface area contributed by atoms with Crippen LogP contribution in [0.1, 0.15) is 12.0 Å². The Morgan fingerprint density at radius 1 is 1.48 bits per heavy atom. The summed E-state index contributed by atoms with van der Waals surface area (Å²) in [4.78, 5) is 7.76. The molecule has 0 aliphatic carbocycles. The molecular formula is C14H14F3N5O. The van der Waals surface area contributed by atoms with Crippen LogP contribution in [-0.2, 0) is 4.74 Å². The topological polar surface area (TPSA) is 84.4 Å². The van der Waals surface area contributed by atoms with Crippen molar-refractivity contribution in [2.75, 3.05) is 6.61 Å². The predicted molar refractivity (Wildman–Crippen MR) is 81.7 cm³/mol. The monoisotopic (exact) mass is 325 g/mol. The van der Waals surface area contributed by atoms with Crippen LogP contribution < -0.4 is 11.2 Å². The summed E-state index contributed by atoms with van der Waals surface area (Å²) in [6, 6.07) is 5.62. The molecule has 23 heavy (non-hydrogen) atoms. The molecular weight excluding hydrogens is 311 g/mol. The van der Waals surface area contributed by atoms with Crippen LogP contribution >= 0.6 is 0 Å². The van der Waals surface area contributed by atoms with Crippen LogP contribution in [0.15, 0.2) is 51.4 Å². The van der Waals surface area contributed by atoms with Crippen LogP contribution in [0.4, 0.5) is 18.9 Å². The van der Waals surface area contributed by atoms with Crippen molar-refractivity contribution >= 4 is 23.8 Å². The Kier molecular flexibility index (Phi) is 5.87.